The van der Waals surface area contributed by atoms with E-state index in [1.807, 2.05) is 0 Å². The van der Waals surface area contributed by atoms with Gasteiger partial charge in [0.05, 0.1) is 22.7 Å². The zero-order chi connectivity index (χ0) is 27.5. The summed E-state index contributed by atoms with van der Waals surface area (Å²) in [6.45, 7) is 1.64. The number of hydrogen-bond donors (Lipinski definition) is 2. The maximum absolute atomic E-state index is 14.3. The number of nitrogens with one attached hydrogen (secondary N) is 2. The largest absolute Gasteiger partial charge is 0.491 e. The molecule has 0 amide bonds. The number of ether oxygens (including phenoxy) is 2. The van der Waals surface area contributed by atoms with E-state index in [2.05, 4.69) is 25.2 Å². The highest BCUT2D eigenvalue weighted by Crippen LogP contribution is 2.49. The van der Waals surface area contributed by atoms with Crippen molar-refractivity contribution < 1.29 is 36.6 Å². The first-order valence-corrected chi connectivity index (χ1v) is 12.0. The van der Waals surface area contributed by atoms with Gasteiger partial charge in [-0.05, 0) is 49.9 Å². The van der Waals surface area contributed by atoms with Crippen LogP contribution >= 0.6 is 11.6 Å². The average molecular weight is 555 g/mol. The van der Waals surface area contributed by atoms with E-state index in [9.17, 15) is 27.2 Å². The molecule has 0 radical (unpaired) electrons. The summed E-state index contributed by atoms with van der Waals surface area (Å²) >= 11 is 5.81. The summed E-state index contributed by atoms with van der Waals surface area (Å²) in [7, 11) is 0. The number of hydrogen-bond acceptors (Lipinski definition) is 7. The number of carbonyl (C=O) groups is 2. The van der Waals surface area contributed by atoms with E-state index in [1.54, 1.807) is 31.2 Å². The van der Waals surface area contributed by atoms with Crippen LogP contribution in [0.15, 0.2) is 48.7 Å². The number of halogens is 5. The molecule has 1 aliphatic rings. The van der Waals surface area contributed by atoms with Crippen molar-refractivity contribution in [1.82, 2.24) is 15.2 Å². The second kappa shape index (κ2) is 11.0. The van der Waals surface area contributed by atoms with Gasteiger partial charge in [0.25, 0.3) is 0 Å². The van der Waals surface area contributed by atoms with Crippen molar-refractivity contribution in [3.8, 4) is 5.75 Å². The van der Waals surface area contributed by atoms with Crippen LogP contribution < -0.4 is 10.1 Å². The number of nitrogens with zero attached hydrogens (tertiary/aromatic N) is 2. The zero-order valence-corrected chi connectivity index (χ0v) is 20.8. The van der Waals surface area contributed by atoms with Crippen LogP contribution in [0, 0.1) is 11.2 Å². The van der Waals surface area contributed by atoms with Crippen molar-refractivity contribution >= 4 is 35.2 Å². The van der Waals surface area contributed by atoms with Gasteiger partial charge in [-0.1, -0.05) is 30.7 Å². The first-order chi connectivity index (χ1) is 18.0. The number of aromatic nitrogens is 3. The molecule has 1 atom stereocenters. The minimum Gasteiger partial charge on any atom is -0.487 e. The number of rotatable bonds is 7. The zero-order valence-electron chi connectivity index (χ0n) is 20.0. The minimum absolute atomic E-state index is 0.00483. The monoisotopic (exact) mass is 554 g/mol. The third-order valence-corrected chi connectivity index (χ3v) is 6.96. The van der Waals surface area contributed by atoms with Crippen LogP contribution in [-0.2, 0) is 14.3 Å². The molecule has 1 aliphatic carbocycles. The minimum atomic E-state index is -5.34. The number of alkyl halides is 3. The molecule has 38 heavy (non-hydrogen) atoms. The number of H-pyrrole nitrogens is 1. The Hall–Kier alpha value is -3.67. The Balaban J connectivity index is 1.58. The van der Waals surface area contributed by atoms with Gasteiger partial charge in [0.1, 0.15) is 11.6 Å². The van der Waals surface area contributed by atoms with Crippen molar-refractivity contribution in [1.29, 1.82) is 0 Å². The van der Waals surface area contributed by atoms with E-state index < -0.39 is 41.4 Å². The number of anilines is 2. The van der Waals surface area contributed by atoms with Gasteiger partial charge in [0.2, 0.25) is 0 Å². The van der Waals surface area contributed by atoms with Crippen LogP contribution in [0.5, 0.6) is 5.75 Å². The fourth-order valence-electron chi connectivity index (χ4n) is 4.55. The lowest BCUT2D eigenvalue weighted by atomic mass is 9.64. The van der Waals surface area contributed by atoms with Crippen LogP contribution in [0.3, 0.4) is 0 Å². The van der Waals surface area contributed by atoms with Gasteiger partial charge in [-0.25, -0.2) is 14.2 Å². The summed E-state index contributed by atoms with van der Waals surface area (Å²) < 4.78 is 63.1. The van der Waals surface area contributed by atoms with E-state index in [1.165, 1.54) is 24.4 Å². The highest BCUT2D eigenvalue weighted by Gasteiger charge is 2.52. The topological polar surface area (TPSA) is 106 Å². The molecule has 202 valence electrons. The van der Waals surface area contributed by atoms with Gasteiger partial charge in [-0.2, -0.15) is 18.3 Å². The molecule has 4 rings (SSSR count). The van der Waals surface area contributed by atoms with Crippen LogP contribution in [0.2, 0.25) is 5.02 Å². The Bertz CT molecular complexity index is 1290. The molecular weight excluding hydrogens is 532 g/mol. The van der Waals surface area contributed by atoms with Gasteiger partial charge in [0, 0.05) is 17.7 Å². The fourth-order valence-corrected chi connectivity index (χ4v) is 4.71. The number of benzene rings is 1. The molecule has 13 heteroatoms. The average Bonchev–Trinajstić information content (AvgIpc) is 3.39. The molecule has 0 aliphatic heterocycles. The van der Waals surface area contributed by atoms with Gasteiger partial charge < -0.3 is 14.8 Å². The molecule has 2 aromatic heterocycles. The van der Waals surface area contributed by atoms with Crippen LogP contribution in [0.4, 0.5) is 29.2 Å². The van der Waals surface area contributed by atoms with E-state index in [0.717, 1.165) is 0 Å². The SMILES string of the molecule is CC(c1cccc(Nc2ccn[nH]2)n1)C1(C(=O)OC(=O)C(F)(F)F)CCC(Oc2cccc(Cl)c2F)CC1. The quantitative estimate of drug-likeness (QED) is 0.207. The van der Waals surface area contributed by atoms with E-state index >= 15 is 0 Å². The molecule has 2 N–H and O–H groups in total. The number of esters is 2. The number of carbonyl (C=O) groups excluding carboxylic acids is 2. The highest BCUT2D eigenvalue weighted by atomic mass is 35.5. The maximum Gasteiger partial charge on any atom is 0.491 e. The maximum atomic E-state index is 14.3. The van der Waals surface area contributed by atoms with Gasteiger partial charge in [0.15, 0.2) is 11.6 Å². The third-order valence-electron chi connectivity index (χ3n) is 6.66. The Morgan fingerprint density at radius 1 is 1.16 bits per heavy atom. The lowest BCUT2D eigenvalue weighted by molar-refractivity contribution is -0.206. The molecule has 1 unspecified atom stereocenters. The van der Waals surface area contributed by atoms with E-state index in [-0.39, 0.29) is 36.5 Å². The lowest BCUT2D eigenvalue weighted by Crippen LogP contribution is -2.45. The van der Waals surface area contributed by atoms with Crippen LogP contribution in [-0.4, -0.2) is 39.4 Å². The summed E-state index contributed by atoms with van der Waals surface area (Å²) in [6.07, 6.45) is -3.98. The standard InChI is InChI=1S/C25H23ClF4N4O4/c1-14(17-5-3-7-19(32-17)33-20-10-13-31-34-20)24(22(35)38-23(36)25(28,29)30)11-8-15(9-12-24)37-18-6-2-4-16(26)21(18)27/h2-7,10,13-15H,8-9,11-12H2,1H3,(H2,31,32,33,34). The summed E-state index contributed by atoms with van der Waals surface area (Å²) in [5.74, 6) is -4.48. The molecule has 2 heterocycles. The molecule has 3 aromatic rings. The van der Waals surface area contributed by atoms with Crippen molar-refractivity contribution in [2.24, 2.45) is 5.41 Å². The van der Waals surface area contributed by atoms with Crippen molar-refractivity contribution in [2.75, 3.05) is 5.32 Å². The molecular formula is C25H23ClF4N4O4. The van der Waals surface area contributed by atoms with E-state index in [4.69, 9.17) is 16.3 Å². The second-order valence-electron chi connectivity index (χ2n) is 8.96. The first-order valence-electron chi connectivity index (χ1n) is 11.7. The summed E-state index contributed by atoms with van der Waals surface area (Å²) in [6, 6.07) is 10.9. The molecule has 0 bridgehead atoms. The van der Waals surface area contributed by atoms with Crippen molar-refractivity contribution in [3.05, 3.63) is 65.2 Å². The van der Waals surface area contributed by atoms with Gasteiger partial charge >= 0.3 is 18.1 Å². The highest BCUT2D eigenvalue weighted by molar-refractivity contribution is 6.30. The molecule has 0 spiro atoms. The fraction of sp³-hybridized carbons (Fsp3) is 0.360. The van der Waals surface area contributed by atoms with Crippen LogP contribution in [0.1, 0.15) is 44.2 Å². The normalized spacial score (nSPS) is 20.4. The smallest absolute Gasteiger partial charge is 0.487 e. The third kappa shape index (κ3) is 5.90. The summed E-state index contributed by atoms with van der Waals surface area (Å²) in [5, 5.41) is 9.44. The molecule has 1 fully saturated rings. The Morgan fingerprint density at radius 2 is 1.87 bits per heavy atom. The summed E-state index contributed by atoms with van der Waals surface area (Å²) in [5.41, 5.74) is -1.13. The Kier molecular flexibility index (Phi) is 7.91. The van der Waals surface area contributed by atoms with Gasteiger partial charge in [-0.15, -0.1) is 0 Å². The first kappa shape index (κ1) is 27.4. The number of aromatic amines is 1. The predicted octanol–water partition coefficient (Wildman–Crippen LogP) is 6.08. The molecule has 1 saturated carbocycles. The van der Waals surface area contributed by atoms with Crippen molar-refractivity contribution in [2.45, 2.75) is 50.8 Å². The van der Waals surface area contributed by atoms with Crippen LogP contribution in [0.25, 0.3) is 0 Å². The predicted molar refractivity (Wildman–Crippen MR) is 128 cm³/mol. The number of pyridine rings is 1. The second-order valence-corrected chi connectivity index (χ2v) is 9.37. The summed E-state index contributed by atoms with van der Waals surface area (Å²) in [4.78, 5) is 29.2. The Labute approximate surface area is 219 Å². The van der Waals surface area contributed by atoms with Gasteiger partial charge in [-0.3, -0.25) is 9.89 Å². The molecule has 1 aromatic carbocycles. The van der Waals surface area contributed by atoms with Crippen molar-refractivity contribution in [3.63, 3.8) is 0 Å². The van der Waals surface area contributed by atoms with E-state index in [0.29, 0.717) is 17.3 Å². The Morgan fingerprint density at radius 3 is 2.53 bits per heavy atom. The molecule has 8 nitrogen and oxygen atoms in total. The molecule has 0 saturated heterocycles. The lowest BCUT2D eigenvalue weighted by Gasteiger charge is -2.41.